The summed E-state index contributed by atoms with van der Waals surface area (Å²) in [5, 5.41) is 0.672. The van der Waals surface area contributed by atoms with E-state index in [1.54, 1.807) is 11.3 Å². The van der Waals surface area contributed by atoms with Gasteiger partial charge in [0, 0.05) is 14.8 Å². The molecular weight excluding hydrogens is 247 g/mol. The Morgan fingerprint density at radius 1 is 1.07 bits per heavy atom. The molecule has 78 valence electrons. The van der Waals surface area contributed by atoms with Gasteiger partial charge in [-0.05, 0) is 36.8 Å². The van der Waals surface area contributed by atoms with Gasteiger partial charge in [0.05, 0.1) is 5.38 Å². The second-order valence-electron chi connectivity index (χ2n) is 3.36. The second kappa shape index (κ2) is 4.56. The first kappa shape index (κ1) is 11.0. The zero-order valence-corrected chi connectivity index (χ0v) is 10.5. The second-order valence-corrected chi connectivity index (χ2v) is 5.55. The number of hydrogen-bond acceptors (Lipinski definition) is 1. The van der Waals surface area contributed by atoms with Crippen LogP contribution in [0.2, 0.25) is 5.02 Å². The fraction of sp³-hybridized carbons (Fsp3) is 0.167. The molecule has 1 unspecified atom stereocenters. The van der Waals surface area contributed by atoms with Crippen molar-refractivity contribution in [1.29, 1.82) is 0 Å². The smallest absolute Gasteiger partial charge is 0.0927 e. The third-order valence-corrected chi connectivity index (χ3v) is 4.11. The van der Waals surface area contributed by atoms with Gasteiger partial charge < -0.3 is 0 Å². The van der Waals surface area contributed by atoms with Crippen molar-refractivity contribution in [3.05, 3.63) is 56.7 Å². The normalized spacial score (nSPS) is 12.7. The van der Waals surface area contributed by atoms with Crippen molar-refractivity contribution in [3.8, 4) is 0 Å². The highest BCUT2D eigenvalue weighted by molar-refractivity contribution is 7.12. The molecule has 1 heterocycles. The lowest BCUT2D eigenvalue weighted by Gasteiger charge is -2.07. The molecule has 15 heavy (non-hydrogen) atoms. The summed E-state index contributed by atoms with van der Waals surface area (Å²) in [6, 6.07) is 11.8. The van der Waals surface area contributed by atoms with E-state index in [0.717, 1.165) is 10.6 Å². The van der Waals surface area contributed by atoms with Gasteiger partial charge in [0.25, 0.3) is 0 Å². The Morgan fingerprint density at radius 2 is 1.73 bits per heavy atom. The third kappa shape index (κ3) is 2.54. The van der Waals surface area contributed by atoms with Crippen LogP contribution in [0.25, 0.3) is 0 Å². The molecular formula is C12H10Cl2S. The molecule has 0 saturated carbocycles. The number of aryl methyl sites for hydroxylation is 1. The van der Waals surface area contributed by atoms with Crippen molar-refractivity contribution in [1.82, 2.24) is 0 Å². The van der Waals surface area contributed by atoms with E-state index in [0.29, 0.717) is 0 Å². The summed E-state index contributed by atoms with van der Waals surface area (Å²) in [6.07, 6.45) is 0. The molecule has 0 nitrogen and oxygen atoms in total. The molecule has 2 rings (SSSR count). The average Bonchev–Trinajstić information content (AvgIpc) is 2.65. The van der Waals surface area contributed by atoms with Crippen LogP contribution in [-0.4, -0.2) is 0 Å². The van der Waals surface area contributed by atoms with Crippen LogP contribution < -0.4 is 0 Å². The molecule has 0 bridgehead atoms. The fourth-order valence-corrected chi connectivity index (χ4v) is 2.75. The summed E-state index contributed by atoms with van der Waals surface area (Å²) < 4.78 is 0. The quantitative estimate of drug-likeness (QED) is 0.661. The van der Waals surface area contributed by atoms with E-state index in [4.69, 9.17) is 23.2 Å². The fourth-order valence-electron chi connectivity index (χ4n) is 1.39. The molecule has 1 aromatic carbocycles. The number of halogens is 2. The van der Waals surface area contributed by atoms with Gasteiger partial charge >= 0.3 is 0 Å². The summed E-state index contributed by atoms with van der Waals surface area (Å²) in [5.41, 5.74) is 1.09. The third-order valence-electron chi connectivity index (χ3n) is 2.17. The molecule has 0 spiro atoms. The van der Waals surface area contributed by atoms with Crippen molar-refractivity contribution in [2.24, 2.45) is 0 Å². The first-order chi connectivity index (χ1) is 7.16. The predicted octanol–water partition coefficient (Wildman–Crippen LogP) is 5.04. The maximum atomic E-state index is 6.36. The Morgan fingerprint density at radius 3 is 2.27 bits per heavy atom. The lowest BCUT2D eigenvalue weighted by molar-refractivity contribution is 1.18. The van der Waals surface area contributed by atoms with Gasteiger partial charge in [-0.25, -0.2) is 0 Å². The molecule has 0 radical (unpaired) electrons. The number of hydrogen-bond donors (Lipinski definition) is 0. The summed E-state index contributed by atoms with van der Waals surface area (Å²) in [5.74, 6) is 0. The van der Waals surface area contributed by atoms with Crippen LogP contribution in [0.4, 0.5) is 0 Å². The van der Waals surface area contributed by atoms with Crippen LogP contribution in [-0.2, 0) is 0 Å². The van der Waals surface area contributed by atoms with Crippen LogP contribution in [0, 0.1) is 6.92 Å². The van der Waals surface area contributed by atoms with Crippen molar-refractivity contribution in [3.63, 3.8) is 0 Å². The van der Waals surface area contributed by atoms with Gasteiger partial charge in [-0.1, -0.05) is 23.7 Å². The van der Waals surface area contributed by atoms with Gasteiger partial charge in [0.1, 0.15) is 0 Å². The van der Waals surface area contributed by atoms with Crippen LogP contribution >= 0.6 is 34.5 Å². The molecule has 0 aliphatic rings. The Labute approximate surface area is 103 Å². The van der Waals surface area contributed by atoms with Crippen molar-refractivity contribution >= 4 is 34.5 Å². The topological polar surface area (TPSA) is 0 Å². The molecule has 0 amide bonds. The maximum Gasteiger partial charge on any atom is 0.0927 e. The molecule has 0 aliphatic heterocycles. The lowest BCUT2D eigenvalue weighted by Crippen LogP contribution is -1.88. The zero-order chi connectivity index (χ0) is 10.8. The highest BCUT2D eigenvalue weighted by Crippen LogP contribution is 2.33. The van der Waals surface area contributed by atoms with E-state index >= 15 is 0 Å². The van der Waals surface area contributed by atoms with Gasteiger partial charge in [-0.2, -0.15) is 0 Å². The summed E-state index contributed by atoms with van der Waals surface area (Å²) in [7, 11) is 0. The van der Waals surface area contributed by atoms with E-state index in [1.807, 2.05) is 24.3 Å². The van der Waals surface area contributed by atoms with Crippen LogP contribution in [0.5, 0.6) is 0 Å². The van der Waals surface area contributed by atoms with Crippen molar-refractivity contribution in [2.45, 2.75) is 12.3 Å². The summed E-state index contributed by atoms with van der Waals surface area (Å²) >= 11 is 13.9. The molecule has 0 fully saturated rings. The van der Waals surface area contributed by atoms with Gasteiger partial charge in [-0.3, -0.25) is 0 Å². The Kier molecular flexibility index (Phi) is 3.35. The molecule has 1 aromatic heterocycles. The van der Waals surface area contributed by atoms with E-state index in [1.165, 1.54) is 9.75 Å². The first-order valence-electron chi connectivity index (χ1n) is 4.62. The number of thiophene rings is 1. The van der Waals surface area contributed by atoms with Crippen LogP contribution in [0.1, 0.15) is 20.7 Å². The molecule has 0 aliphatic carbocycles. The SMILES string of the molecule is Cc1ccc(C(Cl)c2ccc(Cl)cc2)s1. The summed E-state index contributed by atoms with van der Waals surface area (Å²) in [4.78, 5) is 2.46. The number of rotatable bonds is 2. The summed E-state index contributed by atoms with van der Waals surface area (Å²) in [6.45, 7) is 2.08. The van der Waals surface area contributed by atoms with Crippen molar-refractivity contribution < 1.29 is 0 Å². The average molecular weight is 257 g/mol. The lowest BCUT2D eigenvalue weighted by atomic mass is 10.1. The maximum absolute atomic E-state index is 6.36. The van der Waals surface area contributed by atoms with Crippen molar-refractivity contribution in [2.75, 3.05) is 0 Å². The number of benzene rings is 1. The molecule has 0 N–H and O–H groups in total. The Bertz CT molecular complexity index is 445. The highest BCUT2D eigenvalue weighted by Gasteiger charge is 2.12. The predicted molar refractivity (Wildman–Crippen MR) is 68.2 cm³/mol. The monoisotopic (exact) mass is 256 g/mol. The van der Waals surface area contributed by atoms with Gasteiger partial charge in [0.15, 0.2) is 0 Å². The standard InChI is InChI=1S/C12H10Cl2S/c1-8-2-7-11(15-8)12(14)9-3-5-10(13)6-4-9/h2-7,12H,1H3. The Hall–Kier alpha value is -0.500. The van der Waals surface area contributed by atoms with Crippen LogP contribution in [0.15, 0.2) is 36.4 Å². The van der Waals surface area contributed by atoms with E-state index in [-0.39, 0.29) is 5.38 Å². The highest BCUT2D eigenvalue weighted by atomic mass is 35.5. The molecule has 1 atom stereocenters. The largest absolute Gasteiger partial charge is 0.144 e. The minimum atomic E-state index is -0.0685. The minimum Gasteiger partial charge on any atom is -0.144 e. The zero-order valence-electron chi connectivity index (χ0n) is 8.21. The molecule has 3 heteroatoms. The minimum absolute atomic E-state index is 0.0685. The van der Waals surface area contributed by atoms with E-state index in [9.17, 15) is 0 Å². The van der Waals surface area contributed by atoms with E-state index < -0.39 is 0 Å². The molecule has 2 aromatic rings. The Balaban J connectivity index is 2.28. The van der Waals surface area contributed by atoms with Crippen LogP contribution in [0.3, 0.4) is 0 Å². The van der Waals surface area contributed by atoms with Gasteiger partial charge in [-0.15, -0.1) is 22.9 Å². The first-order valence-corrected chi connectivity index (χ1v) is 6.26. The number of alkyl halides is 1. The molecule has 0 saturated heterocycles. The van der Waals surface area contributed by atoms with E-state index in [2.05, 4.69) is 19.1 Å². The van der Waals surface area contributed by atoms with Gasteiger partial charge in [0.2, 0.25) is 0 Å².